The maximum absolute atomic E-state index is 12.0. The first-order valence-electron chi connectivity index (χ1n) is 2.82. The zero-order valence-electron chi connectivity index (χ0n) is 6.09. The fraction of sp³-hybridized carbons (Fsp3) is 0.400. The molecule has 0 amide bonds. The maximum atomic E-state index is 12.0. The Bertz CT molecular complexity index is 274. The summed E-state index contributed by atoms with van der Waals surface area (Å²) in [6.07, 6.45) is 0. The van der Waals surface area contributed by atoms with Gasteiger partial charge in [0.2, 0.25) is 0 Å². The molecule has 0 bridgehead atoms. The molecule has 1 rings (SSSR count). The van der Waals surface area contributed by atoms with Gasteiger partial charge in [0, 0.05) is 0 Å². The number of halogens is 4. The Hall–Kier alpha value is -0.550. The van der Waals surface area contributed by atoms with E-state index in [4.69, 9.17) is 17.3 Å². The van der Waals surface area contributed by atoms with Gasteiger partial charge in [0.05, 0.1) is 5.69 Å². The highest BCUT2D eigenvalue weighted by molar-refractivity contribution is 6.33. The van der Waals surface area contributed by atoms with E-state index in [-0.39, 0.29) is 28.9 Å². The number of hydrogen-bond acceptors (Lipinski definition) is 2. The van der Waals surface area contributed by atoms with Gasteiger partial charge in [-0.1, -0.05) is 11.6 Å². The van der Waals surface area contributed by atoms with Gasteiger partial charge >= 0.3 is 6.55 Å². The van der Waals surface area contributed by atoms with Gasteiger partial charge in [-0.2, -0.15) is 8.78 Å². The molecule has 1 heterocycles. The van der Waals surface area contributed by atoms with Gasteiger partial charge in [-0.05, 0) is 6.92 Å². The van der Waals surface area contributed by atoms with E-state index in [1.54, 1.807) is 0 Å². The third kappa shape index (κ3) is 1.78. The van der Waals surface area contributed by atoms with Crippen LogP contribution in [0.15, 0.2) is 0 Å². The molecule has 1 aromatic heterocycles. The first-order chi connectivity index (χ1) is 5.04. The fourth-order valence-corrected chi connectivity index (χ4v) is 0.835. The van der Waals surface area contributed by atoms with Gasteiger partial charge < -0.3 is 5.73 Å². The Kier molecular flexibility index (Phi) is 3.73. The van der Waals surface area contributed by atoms with Gasteiger partial charge in [-0.25, -0.2) is 4.68 Å². The van der Waals surface area contributed by atoms with Crippen LogP contribution in [0.25, 0.3) is 0 Å². The Morgan fingerprint density at radius 1 is 1.58 bits per heavy atom. The normalized spacial score (nSPS) is 10.1. The Balaban J connectivity index is 0.00000121. The molecule has 2 N–H and O–H groups in total. The first-order valence-corrected chi connectivity index (χ1v) is 3.20. The maximum Gasteiger partial charge on any atom is 0.333 e. The van der Waals surface area contributed by atoms with Crippen molar-refractivity contribution in [2.75, 3.05) is 5.73 Å². The van der Waals surface area contributed by atoms with Gasteiger partial charge in [0.1, 0.15) is 5.02 Å². The van der Waals surface area contributed by atoms with E-state index in [9.17, 15) is 8.78 Å². The second-order valence-electron chi connectivity index (χ2n) is 2.01. The summed E-state index contributed by atoms with van der Waals surface area (Å²) in [6.45, 7) is -1.26. The van der Waals surface area contributed by atoms with Crippen molar-refractivity contribution in [3.63, 3.8) is 0 Å². The molecule has 70 valence electrons. The number of nitrogen functional groups attached to an aromatic ring is 1. The quantitative estimate of drug-likeness (QED) is 0.785. The highest BCUT2D eigenvalue weighted by Crippen LogP contribution is 2.25. The lowest BCUT2D eigenvalue weighted by molar-refractivity contribution is 0.0547. The SMILES string of the molecule is Cc1c(Cl)c(N)nn1C(F)F.Cl. The molecule has 0 fully saturated rings. The van der Waals surface area contributed by atoms with Crippen LogP contribution in [0.2, 0.25) is 5.02 Å². The molecule has 0 aliphatic carbocycles. The minimum atomic E-state index is -2.69. The molecular formula is C5H7Cl2F2N3. The number of nitrogens with zero attached hydrogens (tertiary/aromatic N) is 2. The average molecular weight is 218 g/mol. The van der Waals surface area contributed by atoms with Crippen molar-refractivity contribution in [3.8, 4) is 0 Å². The van der Waals surface area contributed by atoms with E-state index >= 15 is 0 Å². The van der Waals surface area contributed by atoms with E-state index in [2.05, 4.69) is 5.10 Å². The van der Waals surface area contributed by atoms with Crippen molar-refractivity contribution in [2.24, 2.45) is 0 Å². The van der Waals surface area contributed by atoms with Crippen molar-refractivity contribution >= 4 is 29.8 Å². The van der Waals surface area contributed by atoms with Gasteiger partial charge in [-0.15, -0.1) is 17.5 Å². The second-order valence-corrected chi connectivity index (χ2v) is 2.38. The van der Waals surface area contributed by atoms with Crippen LogP contribution in [-0.2, 0) is 0 Å². The topological polar surface area (TPSA) is 43.8 Å². The van der Waals surface area contributed by atoms with Crippen LogP contribution >= 0.6 is 24.0 Å². The van der Waals surface area contributed by atoms with Crippen LogP contribution in [0.5, 0.6) is 0 Å². The minimum Gasteiger partial charge on any atom is -0.381 e. The average Bonchev–Trinajstić information content (AvgIpc) is 2.17. The van der Waals surface area contributed by atoms with Crippen molar-refractivity contribution in [2.45, 2.75) is 13.5 Å². The largest absolute Gasteiger partial charge is 0.381 e. The summed E-state index contributed by atoms with van der Waals surface area (Å²) in [7, 11) is 0. The zero-order valence-corrected chi connectivity index (χ0v) is 7.66. The molecule has 0 unspecified atom stereocenters. The lowest BCUT2D eigenvalue weighted by Gasteiger charge is -1.99. The van der Waals surface area contributed by atoms with Gasteiger partial charge in [0.25, 0.3) is 0 Å². The summed E-state index contributed by atoms with van der Waals surface area (Å²) in [5, 5.41) is 3.41. The highest BCUT2D eigenvalue weighted by atomic mass is 35.5. The molecular weight excluding hydrogens is 211 g/mol. The lowest BCUT2D eigenvalue weighted by atomic mass is 10.5. The van der Waals surface area contributed by atoms with Crippen LogP contribution in [0.4, 0.5) is 14.6 Å². The van der Waals surface area contributed by atoms with E-state index < -0.39 is 6.55 Å². The predicted molar refractivity (Wildman–Crippen MR) is 44.9 cm³/mol. The third-order valence-electron chi connectivity index (χ3n) is 1.29. The monoisotopic (exact) mass is 217 g/mol. The molecule has 1 aromatic rings. The second kappa shape index (κ2) is 3.91. The van der Waals surface area contributed by atoms with Crippen molar-refractivity contribution in [1.82, 2.24) is 9.78 Å². The smallest absolute Gasteiger partial charge is 0.333 e. The Morgan fingerprint density at radius 2 is 2.08 bits per heavy atom. The molecule has 7 heteroatoms. The highest BCUT2D eigenvalue weighted by Gasteiger charge is 2.15. The molecule has 12 heavy (non-hydrogen) atoms. The van der Waals surface area contributed by atoms with E-state index in [0.29, 0.717) is 4.68 Å². The van der Waals surface area contributed by atoms with E-state index in [1.165, 1.54) is 6.92 Å². The summed E-state index contributed by atoms with van der Waals surface area (Å²) in [5.74, 6) is -0.0653. The molecule has 0 saturated carbocycles. The van der Waals surface area contributed by atoms with E-state index in [1.807, 2.05) is 0 Å². The number of nitrogens with two attached hydrogens (primary N) is 1. The molecule has 0 aliphatic rings. The molecule has 0 aromatic carbocycles. The molecule has 3 nitrogen and oxygen atoms in total. The molecule has 0 aliphatic heterocycles. The van der Waals surface area contributed by atoms with Crippen molar-refractivity contribution in [1.29, 1.82) is 0 Å². The number of anilines is 1. The Morgan fingerprint density at radius 3 is 2.25 bits per heavy atom. The van der Waals surface area contributed by atoms with Crippen LogP contribution in [0, 0.1) is 6.92 Å². The molecule has 0 atom stereocenters. The van der Waals surface area contributed by atoms with Crippen molar-refractivity contribution < 1.29 is 8.78 Å². The Labute approximate surface area is 78.9 Å². The zero-order chi connectivity index (χ0) is 8.59. The lowest BCUT2D eigenvalue weighted by Crippen LogP contribution is -2.02. The number of hydrogen-bond donors (Lipinski definition) is 1. The molecule has 0 saturated heterocycles. The summed E-state index contributed by atoms with van der Waals surface area (Å²) < 4.78 is 24.5. The van der Waals surface area contributed by atoms with Crippen molar-refractivity contribution in [3.05, 3.63) is 10.7 Å². The predicted octanol–water partition coefficient (Wildman–Crippen LogP) is 2.24. The minimum absolute atomic E-state index is 0. The van der Waals surface area contributed by atoms with Crippen LogP contribution in [0.1, 0.15) is 12.2 Å². The fourth-order valence-electron chi connectivity index (χ4n) is 0.711. The molecule has 0 spiro atoms. The summed E-state index contributed by atoms with van der Waals surface area (Å²) in [6, 6.07) is 0. The van der Waals surface area contributed by atoms with Gasteiger partial charge in [-0.3, -0.25) is 0 Å². The third-order valence-corrected chi connectivity index (χ3v) is 1.75. The van der Waals surface area contributed by atoms with Gasteiger partial charge in [0.15, 0.2) is 5.82 Å². The van der Waals surface area contributed by atoms with Crippen LogP contribution < -0.4 is 5.73 Å². The van der Waals surface area contributed by atoms with Crippen LogP contribution in [-0.4, -0.2) is 9.78 Å². The molecule has 0 radical (unpaired) electrons. The first kappa shape index (κ1) is 11.4. The standard InChI is InChI=1S/C5H6ClF2N3.ClH/c1-2-3(6)4(9)10-11(2)5(7)8;/h5H,1H3,(H2,9,10);1H. The summed E-state index contributed by atoms with van der Waals surface area (Å²) >= 11 is 5.50. The summed E-state index contributed by atoms with van der Waals surface area (Å²) in [5.41, 5.74) is 5.36. The van der Waals surface area contributed by atoms with E-state index in [0.717, 1.165) is 0 Å². The number of aromatic nitrogens is 2. The number of alkyl halides is 2. The summed E-state index contributed by atoms with van der Waals surface area (Å²) in [4.78, 5) is 0. The van der Waals surface area contributed by atoms with Crippen LogP contribution in [0.3, 0.4) is 0 Å². The number of rotatable bonds is 1.